The lowest BCUT2D eigenvalue weighted by molar-refractivity contribution is 0.736. The van der Waals surface area contributed by atoms with Crippen molar-refractivity contribution >= 4 is 17.4 Å². The highest BCUT2D eigenvalue weighted by Crippen LogP contribution is 2.21. The fourth-order valence-corrected chi connectivity index (χ4v) is 2.53. The van der Waals surface area contributed by atoms with Crippen molar-refractivity contribution in [3.8, 4) is 0 Å². The zero-order valence-electron chi connectivity index (χ0n) is 9.55. The van der Waals surface area contributed by atoms with Gasteiger partial charge in [0.05, 0.1) is 0 Å². The molecule has 2 rings (SSSR count). The van der Waals surface area contributed by atoms with Gasteiger partial charge in [0.25, 0.3) is 0 Å². The second-order valence-electron chi connectivity index (χ2n) is 4.30. The van der Waals surface area contributed by atoms with Gasteiger partial charge in [-0.1, -0.05) is 12.5 Å². The topological polar surface area (TPSA) is 12.0 Å². The first-order valence-electron chi connectivity index (χ1n) is 5.77. The molecule has 1 saturated carbocycles. The van der Waals surface area contributed by atoms with Crippen LogP contribution in [0.2, 0.25) is 0 Å². The predicted octanol–water partition coefficient (Wildman–Crippen LogP) is 3.47. The molecule has 1 N–H and O–H groups in total. The number of aryl methyl sites for hydroxylation is 1. The predicted molar refractivity (Wildman–Crippen MR) is 68.4 cm³/mol. The minimum absolute atomic E-state index is 0.808. The highest BCUT2D eigenvalue weighted by atomic mass is 32.1. The lowest BCUT2D eigenvalue weighted by atomic mass is 10.2. The molecule has 0 aliphatic heterocycles. The van der Waals surface area contributed by atoms with Crippen LogP contribution in [0.4, 0.5) is 0 Å². The molecule has 0 radical (unpaired) electrons. The first-order valence-corrected chi connectivity index (χ1v) is 6.59. The van der Waals surface area contributed by atoms with Crippen molar-refractivity contribution in [2.24, 2.45) is 0 Å². The summed E-state index contributed by atoms with van der Waals surface area (Å²) in [5, 5.41) is 3.53. The fourth-order valence-electron chi connectivity index (χ4n) is 1.55. The summed E-state index contributed by atoms with van der Waals surface area (Å²) in [5.41, 5.74) is 1.44. The zero-order chi connectivity index (χ0) is 10.7. The number of rotatable bonds is 5. The summed E-state index contributed by atoms with van der Waals surface area (Å²) in [6.07, 6.45) is 6.19. The summed E-state index contributed by atoms with van der Waals surface area (Å²) in [6, 6.07) is 5.27. The summed E-state index contributed by atoms with van der Waals surface area (Å²) in [7, 11) is 0. The molecule has 1 heterocycles. The molecule has 15 heavy (non-hydrogen) atoms. The van der Waals surface area contributed by atoms with Crippen molar-refractivity contribution in [3.05, 3.63) is 27.5 Å². The van der Waals surface area contributed by atoms with Gasteiger partial charge in [0.15, 0.2) is 0 Å². The first-order chi connectivity index (χ1) is 7.28. The van der Waals surface area contributed by atoms with Gasteiger partial charge in [0.1, 0.15) is 0 Å². The van der Waals surface area contributed by atoms with Crippen LogP contribution in [0.25, 0.3) is 6.08 Å². The van der Waals surface area contributed by atoms with Crippen molar-refractivity contribution in [2.45, 2.75) is 39.2 Å². The lowest BCUT2D eigenvalue weighted by Crippen LogP contribution is -2.18. The first kappa shape index (κ1) is 10.9. The minimum Gasteiger partial charge on any atom is -0.310 e. The van der Waals surface area contributed by atoms with Crippen LogP contribution in [-0.2, 0) is 6.42 Å². The van der Waals surface area contributed by atoms with E-state index in [1.807, 2.05) is 11.3 Å². The Morgan fingerprint density at radius 2 is 2.33 bits per heavy atom. The Bertz CT molecular complexity index is 347. The van der Waals surface area contributed by atoms with Crippen LogP contribution in [0, 0.1) is 0 Å². The Hall–Kier alpha value is -0.600. The fraction of sp³-hybridized carbons (Fsp3) is 0.538. The molecule has 0 spiro atoms. The molecule has 1 fully saturated rings. The highest BCUT2D eigenvalue weighted by molar-refractivity contribution is 7.12. The summed E-state index contributed by atoms with van der Waals surface area (Å²) in [6.45, 7) is 5.46. The monoisotopic (exact) mass is 221 g/mol. The molecule has 82 valence electrons. The minimum atomic E-state index is 0.808. The summed E-state index contributed by atoms with van der Waals surface area (Å²) in [5.74, 6) is 0. The number of hydrogen-bond acceptors (Lipinski definition) is 2. The van der Waals surface area contributed by atoms with Crippen molar-refractivity contribution in [3.63, 3.8) is 0 Å². The Kier molecular flexibility index (Phi) is 3.60. The van der Waals surface area contributed by atoms with Crippen LogP contribution in [0.15, 0.2) is 17.7 Å². The van der Waals surface area contributed by atoms with Gasteiger partial charge in [-0.3, -0.25) is 0 Å². The molecule has 2 heteroatoms. The normalized spacial score (nSPS) is 17.1. The summed E-state index contributed by atoms with van der Waals surface area (Å²) in [4.78, 5) is 2.87. The maximum Gasteiger partial charge on any atom is 0.0273 e. The number of thiophene rings is 1. The van der Waals surface area contributed by atoms with Crippen LogP contribution in [-0.4, -0.2) is 12.6 Å². The number of nitrogens with one attached hydrogen (secondary N) is 1. The molecule has 0 unspecified atom stereocenters. The largest absolute Gasteiger partial charge is 0.310 e. The van der Waals surface area contributed by atoms with Crippen molar-refractivity contribution < 1.29 is 0 Å². The van der Waals surface area contributed by atoms with Gasteiger partial charge >= 0.3 is 0 Å². The van der Waals surface area contributed by atoms with Crippen LogP contribution in [0.5, 0.6) is 0 Å². The maximum absolute atomic E-state index is 3.53. The van der Waals surface area contributed by atoms with Gasteiger partial charge in [-0.25, -0.2) is 0 Å². The average molecular weight is 221 g/mol. The molecule has 0 aromatic carbocycles. The third-order valence-electron chi connectivity index (χ3n) is 2.67. The quantitative estimate of drug-likeness (QED) is 0.803. The van der Waals surface area contributed by atoms with E-state index in [1.165, 1.54) is 28.2 Å². The van der Waals surface area contributed by atoms with Crippen LogP contribution in [0.3, 0.4) is 0 Å². The van der Waals surface area contributed by atoms with Crippen LogP contribution in [0.1, 0.15) is 36.4 Å². The van der Waals surface area contributed by atoms with Crippen molar-refractivity contribution in [1.82, 2.24) is 5.32 Å². The molecule has 1 aromatic rings. The highest BCUT2D eigenvalue weighted by Gasteiger charge is 2.19. The van der Waals surface area contributed by atoms with Gasteiger partial charge in [-0.15, -0.1) is 11.3 Å². The molecule has 0 amide bonds. The van der Waals surface area contributed by atoms with E-state index in [1.54, 1.807) is 0 Å². The summed E-state index contributed by atoms with van der Waals surface area (Å²) < 4.78 is 0. The number of hydrogen-bond donors (Lipinski definition) is 1. The molecule has 0 saturated heterocycles. The Morgan fingerprint density at radius 3 is 2.93 bits per heavy atom. The standard InChI is InChI=1S/C13H19NS/c1-3-12-6-7-13(15-12)8-10(2)9-14-11-4-5-11/h6-8,11,14H,3-5,9H2,1-2H3. The molecule has 1 aromatic heterocycles. The van der Waals surface area contributed by atoms with Crippen molar-refractivity contribution in [2.75, 3.05) is 6.54 Å². The van der Waals surface area contributed by atoms with E-state index in [2.05, 4.69) is 37.4 Å². The molecule has 0 atom stereocenters. The molecule has 1 aliphatic carbocycles. The van der Waals surface area contributed by atoms with Crippen LogP contribution >= 0.6 is 11.3 Å². The van der Waals surface area contributed by atoms with E-state index in [-0.39, 0.29) is 0 Å². The Morgan fingerprint density at radius 1 is 1.53 bits per heavy atom. The van der Waals surface area contributed by atoms with E-state index in [0.717, 1.165) is 19.0 Å². The van der Waals surface area contributed by atoms with E-state index in [9.17, 15) is 0 Å². The Labute approximate surface area is 96.2 Å². The van der Waals surface area contributed by atoms with Gasteiger partial charge in [0, 0.05) is 22.3 Å². The third kappa shape index (κ3) is 3.47. The van der Waals surface area contributed by atoms with Gasteiger partial charge in [-0.2, -0.15) is 0 Å². The molecule has 1 nitrogen and oxygen atoms in total. The zero-order valence-corrected chi connectivity index (χ0v) is 10.4. The second kappa shape index (κ2) is 4.95. The molecular weight excluding hydrogens is 202 g/mol. The van der Waals surface area contributed by atoms with E-state index in [4.69, 9.17) is 0 Å². The van der Waals surface area contributed by atoms with Crippen molar-refractivity contribution in [1.29, 1.82) is 0 Å². The SMILES string of the molecule is CCc1ccc(C=C(C)CNC2CC2)s1. The van der Waals surface area contributed by atoms with E-state index >= 15 is 0 Å². The van der Waals surface area contributed by atoms with Crippen LogP contribution < -0.4 is 5.32 Å². The maximum atomic E-state index is 3.53. The summed E-state index contributed by atoms with van der Waals surface area (Å²) >= 11 is 1.91. The van der Waals surface area contributed by atoms with Gasteiger partial charge < -0.3 is 5.32 Å². The third-order valence-corrected chi connectivity index (χ3v) is 3.84. The second-order valence-corrected chi connectivity index (χ2v) is 5.50. The average Bonchev–Trinajstić information content (AvgIpc) is 2.96. The van der Waals surface area contributed by atoms with E-state index in [0.29, 0.717) is 0 Å². The van der Waals surface area contributed by atoms with E-state index < -0.39 is 0 Å². The Balaban J connectivity index is 1.88. The molecule has 0 bridgehead atoms. The molecule has 1 aliphatic rings. The molecular formula is C13H19NS. The van der Waals surface area contributed by atoms with Gasteiger partial charge in [0.2, 0.25) is 0 Å². The lowest BCUT2D eigenvalue weighted by Gasteiger charge is -2.01. The smallest absolute Gasteiger partial charge is 0.0273 e. The van der Waals surface area contributed by atoms with Gasteiger partial charge in [-0.05, 0) is 44.4 Å².